The maximum atomic E-state index is 12.5. The van der Waals surface area contributed by atoms with E-state index in [1.165, 1.54) is 0 Å². The van der Waals surface area contributed by atoms with Gasteiger partial charge < -0.3 is 5.32 Å². The SMILES string of the molecule is CCC(C)(C)CNS(=O)(=O)c1ccccc1CNC(C)C. The fourth-order valence-corrected chi connectivity index (χ4v) is 3.20. The molecule has 0 radical (unpaired) electrons. The van der Waals surface area contributed by atoms with E-state index in [2.05, 4.69) is 30.8 Å². The van der Waals surface area contributed by atoms with Gasteiger partial charge in [-0.15, -0.1) is 0 Å². The minimum Gasteiger partial charge on any atom is -0.310 e. The van der Waals surface area contributed by atoms with Crippen LogP contribution in [0.2, 0.25) is 0 Å². The van der Waals surface area contributed by atoms with Crippen LogP contribution in [-0.2, 0) is 16.6 Å². The fraction of sp³-hybridized carbons (Fsp3) is 0.625. The second-order valence-corrected chi connectivity index (χ2v) is 8.22. The summed E-state index contributed by atoms with van der Waals surface area (Å²) in [5.41, 5.74) is 0.756. The van der Waals surface area contributed by atoms with Crippen molar-refractivity contribution in [3.05, 3.63) is 29.8 Å². The molecule has 4 nitrogen and oxygen atoms in total. The van der Waals surface area contributed by atoms with Crippen molar-refractivity contribution in [1.29, 1.82) is 0 Å². The first kappa shape index (κ1) is 18.1. The second kappa shape index (κ2) is 7.38. The lowest BCUT2D eigenvalue weighted by atomic mass is 9.91. The Bertz CT molecular complexity index is 551. The van der Waals surface area contributed by atoms with E-state index in [-0.39, 0.29) is 5.41 Å². The molecule has 0 aliphatic rings. The van der Waals surface area contributed by atoms with Crippen LogP contribution < -0.4 is 10.0 Å². The summed E-state index contributed by atoms with van der Waals surface area (Å²) in [4.78, 5) is 0.366. The quantitative estimate of drug-likeness (QED) is 0.776. The third-order valence-electron chi connectivity index (χ3n) is 3.66. The molecule has 0 saturated heterocycles. The molecule has 0 atom stereocenters. The number of nitrogens with one attached hydrogen (secondary N) is 2. The van der Waals surface area contributed by atoms with Crippen molar-refractivity contribution in [1.82, 2.24) is 10.0 Å². The van der Waals surface area contributed by atoms with E-state index < -0.39 is 10.0 Å². The molecule has 0 aliphatic heterocycles. The smallest absolute Gasteiger partial charge is 0.240 e. The van der Waals surface area contributed by atoms with Crippen molar-refractivity contribution >= 4 is 10.0 Å². The molecular formula is C16H28N2O2S. The van der Waals surface area contributed by atoms with E-state index >= 15 is 0 Å². The van der Waals surface area contributed by atoms with Gasteiger partial charge in [0.2, 0.25) is 10.0 Å². The highest BCUT2D eigenvalue weighted by Crippen LogP contribution is 2.20. The average Bonchev–Trinajstić information content (AvgIpc) is 2.43. The highest BCUT2D eigenvalue weighted by Gasteiger charge is 2.22. The molecule has 21 heavy (non-hydrogen) atoms. The highest BCUT2D eigenvalue weighted by atomic mass is 32.2. The normalized spacial score (nSPS) is 12.9. The summed E-state index contributed by atoms with van der Waals surface area (Å²) in [7, 11) is -3.47. The zero-order valence-corrected chi connectivity index (χ0v) is 14.5. The zero-order valence-electron chi connectivity index (χ0n) is 13.7. The molecule has 0 unspecified atom stereocenters. The van der Waals surface area contributed by atoms with E-state index in [9.17, 15) is 8.42 Å². The number of benzene rings is 1. The van der Waals surface area contributed by atoms with Crippen LogP contribution in [0, 0.1) is 5.41 Å². The Kier molecular flexibility index (Phi) is 6.38. The summed E-state index contributed by atoms with van der Waals surface area (Å²) in [5, 5.41) is 3.27. The molecule has 0 fully saturated rings. The number of hydrogen-bond acceptors (Lipinski definition) is 3. The lowest BCUT2D eigenvalue weighted by Crippen LogP contribution is -2.34. The molecule has 2 N–H and O–H groups in total. The van der Waals surface area contributed by atoms with Crippen molar-refractivity contribution in [2.45, 2.75) is 58.5 Å². The van der Waals surface area contributed by atoms with E-state index in [1.54, 1.807) is 12.1 Å². The van der Waals surface area contributed by atoms with Gasteiger partial charge in [-0.2, -0.15) is 0 Å². The fourth-order valence-electron chi connectivity index (χ4n) is 1.72. The molecule has 5 heteroatoms. The molecule has 0 spiro atoms. The van der Waals surface area contributed by atoms with Crippen molar-refractivity contribution in [3.8, 4) is 0 Å². The molecular weight excluding hydrogens is 284 g/mol. The summed E-state index contributed by atoms with van der Waals surface area (Å²) in [6, 6.07) is 7.46. The third kappa shape index (κ3) is 5.77. The van der Waals surface area contributed by atoms with Gasteiger partial charge in [-0.05, 0) is 23.5 Å². The van der Waals surface area contributed by atoms with Gasteiger partial charge in [-0.25, -0.2) is 13.1 Å². The first-order chi connectivity index (χ1) is 9.68. The van der Waals surface area contributed by atoms with Crippen molar-refractivity contribution in [3.63, 3.8) is 0 Å². The van der Waals surface area contributed by atoms with Crippen LogP contribution in [0.3, 0.4) is 0 Å². The summed E-state index contributed by atoms with van der Waals surface area (Å²) in [6.07, 6.45) is 0.923. The number of hydrogen-bond donors (Lipinski definition) is 2. The van der Waals surface area contributed by atoms with Crippen LogP contribution in [0.25, 0.3) is 0 Å². The standard InChI is InChI=1S/C16H28N2O2S/c1-6-16(4,5)12-18-21(19,20)15-10-8-7-9-14(15)11-17-13(2)3/h7-10,13,17-18H,6,11-12H2,1-5H3. The van der Waals surface area contributed by atoms with Gasteiger partial charge in [-0.3, -0.25) is 0 Å². The van der Waals surface area contributed by atoms with E-state index in [0.717, 1.165) is 12.0 Å². The molecule has 1 aromatic rings. The maximum Gasteiger partial charge on any atom is 0.240 e. The molecule has 1 aromatic carbocycles. The summed E-state index contributed by atoms with van der Waals surface area (Å²) < 4.78 is 27.8. The number of sulfonamides is 1. The lowest BCUT2D eigenvalue weighted by Gasteiger charge is -2.23. The van der Waals surface area contributed by atoms with Gasteiger partial charge in [0, 0.05) is 19.1 Å². The van der Waals surface area contributed by atoms with E-state index in [4.69, 9.17) is 0 Å². The predicted octanol–water partition coefficient (Wildman–Crippen LogP) is 2.90. The van der Waals surface area contributed by atoms with Gasteiger partial charge in [0.15, 0.2) is 0 Å². The first-order valence-electron chi connectivity index (χ1n) is 7.49. The Labute approximate surface area is 129 Å². The minimum absolute atomic E-state index is 0.0435. The van der Waals surface area contributed by atoms with E-state index in [0.29, 0.717) is 24.0 Å². The van der Waals surface area contributed by atoms with Gasteiger partial charge in [0.05, 0.1) is 4.90 Å². The third-order valence-corrected chi connectivity index (χ3v) is 5.16. The average molecular weight is 312 g/mol. The zero-order chi connectivity index (χ0) is 16.1. The first-order valence-corrected chi connectivity index (χ1v) is 8.97. The predicted molar refractivity (Wildman–Crippen MR) is 87.7 cm³/mol. The van der Waals surface area contributed by atoms with Gasteiger partial charge in [-0.1, -0.05) is 52.8 Å². The summed E-state index contributed by atoms with van der Waals surface area (Å²) >= 11 is 0. The minimum atomic E-state index is -3.47. The van der Waals surface area contributed by atoms with Gasteiger partial charge in [0.25, 0.3) is 0 Å². The molecule has 0 heterocycles. The number of rotatable bonds is 8. The Balaban J connectivity index is 2.92. The van der Waals surface area contributed by atoms with Gasteiger partial charge in [0.1, 0.15) is 0 Å². The molecule has 120 valence electrons. The summed E-state index contributed by atoms with van der Waals surface area (Å²) in [6.45, 7) is 11.3. The maximum absolute atomic E-state index is 12.5. The van der Waals surface area contributed by atoms with Crippen molar-refractivity contribution < 1.29 is 8.42 Å². The molecule has 0 aromatic heterocycles. The van der Waals surface area contributed by atoms with Crippen molar-refractivity contribution in [2.24, 2.45) is 5.41 Å². The Hall–Kier alpha value is -0.910. The van der Waals surface area contributed by atoms with Crippen LogP contribution in [0.4, 0.5) is 0 Å². The second-order valence-electron chi connectivity index (χ2n) is 6.49. The monoisotopic (exact) mass is 312 g/mol. The molecule has 0 amide bonds. The molecule has 0 aliphatic carbocycles. The Morgan fingerprint density at radius 1 is 1.19 bits per heavy atom. The highest BCUT2D eigenvalue weighted by molar-refractivity contribution is 7.89. The van der Waals surface area contributed by atoms with Crippen LogP contribution in [-0.4, -0.2) is 21.0 Å². The molecule has 0 saturated carbocycles. The largest absolute Gasteiger partial charge is 0.310 e. The summed E-state index contributed by atoms with van der Waals surface area (Å²) in [5.74, 6) is 0. The molecule has 0 bridgehead atoms. The van der Waals surface area contributed by atoms with Crippen LogP contribution in [0.5, 0.6) is 0 Å². The van der Waals surface area contributed by atoms with Crippen LogP contribution in [0.1, 0.15) is 46.6 Å². The van der Waals surface area contributed by atoms with Crippen LogP contribution in [0.15, 0.2) is 29.2 Å². The van der Waals surface area contributed by atoms with Crippen LogP contribution >= 0.6 is 0 Å². The van der Waals surface area contributed by atoms with Gasteiger partial charge >= 0.3 is 0 Å². The molecule has 1 rings (SSSR count). The van der Waals surface area contributed by atoms with E-state index in [1.807, 2.05) is 26.0 Å². The lowest BCUT2D eigenvalue weighted by molar-refractivity contribution is 0.350. The van der Waals surface area contributed by atoms with Crippen molar-refractivity contribution in [2.75, 3.05) is 6.54 Å². The Morgan fingerprint density at radius 3 is 2.38 bits per heavy atom. The Morgan fingerprint density at radius 2 is 1.81 bits per heavy atom. The topological polar surface area (TPSA) is 58.2 Å².